The Hall–Kier alpha value is -2.14. The van der Waals surface area contributed by atoms with Crippen molar-refractivity contribution in [2.45, 2.75) is 39.3 Å². The van der Waals surface area contributed by atoms with Crippen molar-refractivity contribution in [1.29, 1.82) is 0 Å². The summed E-state index contributed by atoms with van der Waals surface area (Å²) in [6, 6.07) is 10.3. The maximum absolute atomic E-state index is 12.2. The van der Waals surface area contributed by atoms with Crippen LogP contribution in [-0.4, -0.2) is 21.5 Å². The third-order valence-corrected chi connectivity index (χ3v) is 4.67. The maximum Gasteiger partial charge on any atom is 0.222 e. The SMILES string of the molecule is Cc1nc2ccccc2n1CCC(=O)NC(C)Cc1ccsc1. The summed E-state index contributed by atoms with van der Waals surface area (Å²) in [5, 5.41) is 7.27. The average Bonchev–Trinajstić information content (AvgIpc) is 3.12. The number of aryl methyl sites for hydroxylation is 2. The van der Waals surface area contributed by atoms with Gasteiger partial charge in [0, 0.05) is 19.0 Å². The standard InChI is InChI=1S/C18H21N3OS/c1-13(11-15-8-10-23-12-15)19-18(22)7-9-21-14(2)20-16-5-3-4-6-17(16)21/h3-6,8,10,12-13H,7,9,11H2,1-2H3,(H,19,22). The van der Waals surface area contributed by atoms with Gasteiger partial charge in [0.15, 0.2) is 0 Å². The summed E-state index contributed by atoms with van der Waals surface area (Å²) in [6.07, 6.45) is 1.34. The number of carbonyl (C=O) groups excluding carboxylic acids is 1. The van der Waals surface area contributed by atoms with Crippen molar-refractivity contribution in [2.75, 3.05) is 0 Å². The summed E-state index contributed by atoms with van der Waals surface area (Å²) in [6.45, 7) is 4.69. The Morgan fingerprint density at radius 3 is 2.96 bits per heavy atom. The predicted molar refractivity (Wildman–Crippen MR) is 94.7 cm³/mol. The molecule has 2 heterocycles. The fourth-order valence-electron chi connectivity index (χ4n) is 2.85. The van der Waals surface area contributed by atoms with Crippen LogP contribution in [0, 0.1) is 6.92 Å². The van der Waals surface area contributed by atoms with Crippen molar-refractivity contribution >= 4 is 28.3 Å². The second kappa shape index (κ2) is 6.96. The Bertz CT molecular complexity index is 792. The highest BCUT2D eigenvalue weighted by atomic mass is 32.1. The van der Waals surface area contributed by atoms with Gasteiger partial charge in [0.2, 0.25) is 5.91 Å². The Kier molecular flexibility index (Phi) is 4.76. The van der Waals surface area contributed by atoms with Gasteiger partial charge in [-0.3, -0.25) is 4.79 Å². The molecule has 3 rings (SSSR count). The summed E-state index contributed by atoms with van der Waals surface area (Å²) >= 11 is 1.69. The van der Waals surface area contributed by atoms with Gasteiger partial charge in [0.05, 0.1) is 11.0 Å². The number of fused-ring (bicyclic) bond motifs is 1. The molecule has 1 atom stereocenters. The van der Waals surface area contributed by atoms with E-state index in [0.29, 0.717) is 13.0 Å². The number of aromatic nitrogens is 2. The Morgan fingerprint density at radius 1 is 1.35 bits per heavy atom. The van der Waals surface area contributed by atoms with E-state index in [-0.39, 0.29) is 11.9 Å². The molecule has 4 nitrogen and oxygen atoms in total. The minimum atomic E-state index is 0.0879. The predicted octanol–water partition coefficient (Wildman–Crippen LogP) is 3.54. The molecule has 0 bridgehead atoms. The lowest BCUT2D eigenvalue weighted by atomic mass is 10.1. The molecule has 5 heteroatoms. The van der Waals surface area contributed by atoms with Gasteiger partial charge in [-0.1, -0.05) is 12.1 Å². The third-order valence-electron chi connectivity index (χ3n) is 3.94. The monoisotopic (exact) mass is 327 g/mol. The molecule has 0 aliphatic heterocycles. The van der Waals surface area contributed by atoms with Crippen molar-refractivity contribution in [3.8, 4) is 0 Å². The zero-order valence-electron chi connectivity index (χ0n) is 13.5. The Labute approximate surface area is 140 Å². The molecule has 0 aliphatic rings. The fourth-order valence-corrected chi connectivity index (χ4v) is 3.53. The third kappa shape index (κ3) is 3.79. The highest BCUT2D eigenvalue weighted by Gasteiger charge is 2.11. The lowest BCUT2D eigenvalue weighted by Gasteiger charge is -2.14. The number of imidazole rings is 1. The highest BCUT2D eigenvalue weighted by Crippen LogP contribution is 2.16. The molecule has 0 saturated carbocycles. The van der Waals surface area contributed by atoms with E-state index in [0.717, 1.165) is 23.3 Å². The van der Waals surface area contributed by atoms with Crippen LogP contribution in [0.4, 0.5) is 0 Å². The molecule has 0 radical (unpaired) electrons. The first kappa shape index (κ1) is 15.7. The molecule has 1 aromatic carbocycles. The number of para-hydroxylation sites is 2. The number of rotatable bonds is 6. The van der Waals surface area contributed by atoms with Crippen LogP contribution in [0.1, 0.15) is 24.7 Å². The van der Waals surface area contributed by atoms with Crippen molar-refractivity contribution in [3.63, 3.8) is 0 Å². The quantitative estimate of drug-likeness (QED) is 0.753. The van der Waals surface area contributed by atoms with Crippen LogP contribution in [0.25, 0.3) is 11.0 Å². The fraction of sp³-hybridized carbons (Fsp3) is 0.333. The van der Waals surface area contributed by atoms with E-state index in [4.69, 9.17) is 0 Å². The van der Waals surface area contributed by atoms with Gasteiger partial charge < -0.3 is 9.88 Å². The Morgan fingerprint density at radius 2 is 2.17 bits per heavy atom. The summed E-state index contributed by atoms with van der Waals surface area (Å²) < 4.78 is 2.11. The largest absolute Gasteiger partial charge is 0.353 e. The van der Waals surface area contributed by atoms with E-state index in [1.807, 2.05) is 38.1 Å². The average molecular weight is 327 g/mol. The van der Waals surface area contributed by atoms with Gasteiger partial charge in [-0.2, -0.15) is 11.3 Å². The van der Waals surface area contributed by atoms with Crippen molar-refractivity contribution in [1.82, 2.24) is 14.9 Å². The summed E-state index contributed by atoms with van der Waals surface area (Å²) in [5.74, 6) is 1.04. The number of thiophene rings is 1. The maximum atomic E-state index is 12.2. The molecule has 1 amide bonds. The second-order valence-corrected chi connectivity index (χ2v) is 6.63. The first-order valence-electron chi connectivity index (χ1n) is 7.86. The zero-order chi connectivity index (χ0) is 16.2. The number of hydrogen-bond acceptors (Lipinski definition) is 3. The summed E-state index contributed by atoms with van der Waals surface area (Å²) in [4.78, 5) is 16.7. The van der Waals surface area contributed by atoms with Gasteiger partial charge in [-0.05, 0) is 54.8 Å². The Balaban J connectivity index is 1.57. The molecule has 23 heavy (non-hydrogen) atoms. The number of carbonyl (C=O) groups is 1. The van der Waals surface area contributed by atoms with Crippen LogP contribution in [0.2, 0.25) is 0 Å². The van der Waals surface area contributed by atoms with Gasteiger partial charge in [-0.25, -0.2) is 4.98 Å². The number of benzene rings is 1. The summed E-state index contributed by atoms with van der Waals surface area (Å²) in [7, 11) is 0. The molecule has 0 aliphatic carbocycles. The van der Waals surface area contributed by atoms with E-state index in [2.05, 4.69) is 31.7 Å². The minimum Gasteiger partial charge on any atom is -0.353 e. The van der Waals surface area contributed by atoms with Gasteiger partial charge in [0.1, 0.15) is 5.82 Å². The number of amides is 1. The molecule has 1 unspecified atom stereocenters. The number of hydrogen-bond donors (Lipinski definition) is 1. The van der Waals surface area contributed by atoms with Crippen LogP contribution in [0.5, 0.6) is 0 Å². The van der Waals surface area contributed by atoms with Gasteiger partial charge in [0.25, 0.3) is 0 Å². The van der Waals surface area contributed by atoms with Crippen LogP contribution >= 0.6 is 11.3 Å². The number of nitrogens with zero attached hydrogens (tertiary/aromatic N) is 2. The van der Waals surface area contributed by atoms with Gasteiger partial charge >= 0.3 is 0 Å². The topological polar surface area (TPSA) is 46.9 Å². The van der Waals surface area contributed by atoms with E-state index in [1.165, 1.54) is 5.56 Å². The van der Waals surface area contributed by atoms with Crippen LogP contribution in [0.3, 0.4) is 0 Å². The second-order valence-electron chi connectivity index (χ2n) is 5.85. The molecule has 2 aromatic heterocycles. The van der Waals surface area contributed by atoms with E-state index >= 15 is 0 Å². The molecule has 3 aromatic rings. The lowest BCUT2D eigenvalue weighted by molar-refractivity contribution is -0.121. The van der Waals surface area contributed by atoms with Crippen LogP contribution < -0.4 is 5.32 Å². The number of nitrogens with one attached hydrogen (secondary N) is 1. The van der Waals surface area contributed by atoms with Gasteiger partial charge in [-0.15, -0.1) is 0 Å². The molecule has 0 fully saturated rings. The normalized spacial score (nSPS) is 12.4. The van der Waals surface area contributed by atoms with Crippen LogP contribution in [-0.2, 0) is 17.8 Å². The molecule has 120 valence electrons. The smallest absolute Gasteiger partial charge is 0.222 e. The molecular formula is C18H21N3OS. The van der Waals surface area contributed by atoms with E-state index < -0.39 is 0 Å². The molecular weight excluding hydrogens is 306 g/mol. The zero-order valence-corrected chi connectivity index (χ0v) is 14.3. The highest BCUT2D eigenvalue weighted by molar-refractivity contribution is 7.07. The minimum absolute atomic E-state index is 0.0879. The van der Waals surface area contributed by atoms with Crippen molar-refractivity contribution in [2.24, 2.45) is 0 Å². The van der Waals surface area contributed by atoms with E-state index in [1.54, 1.807) is 11.3 Å². The lowest BCUT2D eigenvalue weighted by Crippen LogP contribution is -2.34. The summed E-state index contributed by atoms with van der Waals surface area (Å²) in [5.41, 5.74) is 3.35. The van der Waals surface area contributed by atoms with Crippen LogP contribution in [0.15, 0.2) is 41.1 Å². The molecule has 1 N–H and O–H groups in total. The first-order valence-corrected chi connectivity index (χ1v) is 8.80. The van der Waals surface area contributed by atoms with Crippen molar-refractivity contribution < 1.29 is 4.79 Å². The van der Waals surface area contributed by atoms with E-state index in [9.17, 15) is 4.79 Å². The molecule has 0 saturated heterocycles. The van der Waals surface area contributed by atoms with Crippen molar-refractivity contribution in [3.05, 3.63) is 52.5 Å². The first-order chi connectivity index (χ1) is 11.1. The molecule has 0 spiro atoms.